The molecular weight excluding hydrogens is 476 g/mol. The molecule has 1 N–H and O–H groups in total. The molecule has 7 atom stereocenters. The largest absolute Gasteiger partial charge is 0.466 e. The molecule has 0 aliphatic carbocycles. The molecule has 0 aromatic heterocycles. The van der Waals surface area contributed by atoms with E-state index in [1.54, 1.807) is 34.6 Å². The number of likely N-dealkylation sites (tertiary alicyclic amines) is 1. The molecule has 2 amide bonds. The number of aliphatic hydroxyl groups excluding tert-OH is 1. The molecule has 3 aliphatic heterocycles. The van der Waals surface area contributed by atoms with Gasteiger partial charge in [-0.05, 0) is 56.7 Å². The van der Waals surface area contributed by atoms with E-state index in [1.165, 1.54) is 0 Å². The van der Waals surface area contributed by atoms with Crippen LogP contribution in [0.15, 0.2) is 30.9 Å². The molecule has 3 saturated heterocycles. The predicted molar refractivity (Wildman–Crippen MR) is 142 cm³/mol. The van der Waals surface area contributed by atoms with E-state index in [0.29, 0.717) is 13.0 Å². The molecule has 196 valence electrons. The predicted octanol–water partition coefficient (Wildman–Crippen LogP) is 3.49. The standard InChI is InChI=1S/C28H38N2O5S/c1-7-12-29(20-13-16(4)10-11-17(20)5)26(33)24-28-18(6)14-21(36-28)22(27(34)35-9-3)23(28)25(32)30(24)19(8-2)15-31/h7,10-11,13,18-19,21-24,31H,1,8-9,12,14-15H2,2-6H3/t18?,19-,21-,22+,23-,24?,28?/m0/s1. The summed E-state index contributed by atoms with van der Waals surface area (Å²) in [6.45, 7) is 13.9. The Bertz CT molecular complexity index is 1060. The summed E-state index contributed by atoms with van der Waals surface area (Å²) >= 11 is 1.62. The van der Waals surface area contributed by atoms with Gasteiger partial charge in [0.15, 0.2) is 0 Å². The van der Waals surface area contributed by atoms with Crippen molar-refractivity contribution in [1.82, 2.24) is 4.90 Å². The molecule has 3 fully saturated rings. The molecule has 3 aliphatic rings. The van der Waals surface area contributed by atoms with Crippen LogP contribution in [0.3, 0.4) is 0 Å². The van der Waals surface area contributed by atoms with Gasteiger partial charge >= 0.3 is 5.97 Å². The lowest BCUT2D eigenvalue weighted by molar-refractivity contribution is -0.154. The Balaban J connectivity index is 1.87. The van der Waals surface area contributed by atoms with Crippen molar-refractivity contribution in [2.45, 2.75) is 69.5 Å². The number of anilines is 1. The summed E-state index contributed by atoms with van der Waals surface area (Å²) in [6.07, 6.45) is 2.95. The number of ether oxygens (including phenoxy) is 1. The van der Waals surface area contributed by atoms with Gasteiger partial charge in [0.2, 0.25) is 5.91 Å². The Morgan fingerprint density at radius 1 is 1.36 bits per heavy atom. The molecule has 3 heterocycles. The second-order valence-corrected chi connectivity index (χ2v) is 11.9. The van der Waals surface area contributed by atoms with E-state index in [0.717, 1.165) is 23.2 Å². The van der Waals surface area contributed by atoms with Crippen molar-refractivity contribution in [3.05, 3.63) is 42.0 Å². The summed E-state index contributed by atoms with van der Waals surface area (Å²) in [5.74, 6) is -1.93. The fourth-order valence-corrected chi connectivity index (χ4v) is 9.04. The highest BCUT2D eigenvalue weighted by atomic mass is 32.2. The van der Waals surface area contributed by atoms with E-state index in [2.05, 4.69) is 13.5 Å². The number of amides is 2. The van der Waals surface area contributed by atoms with Crippen LogP contribution < -0.4 is 4.90 Å². The first-order valence-corrected chi connectivity index (χ1v) is 13.8. The first-order chi connectivity index (χ1) is 17.2. The Morgan fingerprint density at radius 3 is 2.69 bits per heavy atom. The molecule has 36 heavy (non-hydrogen) atoms. The van der Waals surface area contributed by atoms with Gasteiger partial charge in [0.05, 0.1) is 35.8 Å². The molecule has 1 aromatic rings. The molecule has 0 radical (unpaired) electrons. The van der Waals surface area contributed by atoms with Gasteiger partial charge in [-0.1, -0.05) is 32.1 Å². The maximum Gasteiger partial charge on any atom is 0.310 e. The minimum Gasteiger partial charge on any atom is -0.466 e. The number of benzene rings is 1. The molecule has 1 spiro atoms. The molecule has 7 nitrogen and oxygen atoms in total. The maximum absolute atomic E-state index is 14.6. The average molecular weight is 515 g/mol. The summed E-state index contributed by atoms with van der Waals surface area (Å²) in [5.41, 5.74) is 2.77. The molecule has 3 unspecified atom stereocenters. The van der Waals surface area contributed by atoms with Crippen molar-refractivity contribution in [3.63, 3.8) is 0 Å². The molecular formula is C28H38N2O5S. The Labute approximate surface area is 218 Å². The summed E-state index contributed by atoms with van der Waals surface area (Å²) in [4.78, 5) is 45.2. The second kappa shape index (κ2) is 10.2. The summed E-state index contributed by atoms with van der Waals surface area (Å²) in [5, 5.41) is 10.2. The van der Waals surface area contributed by atoms with Gasteiger partial charge < -0.3 is 19.6 Å². The lowest BCUT2D eigenvalue weighted by Crippen LogP contribution is -2.59. The molecule has 2 bridgehead atoms. The van der Waals surface area contributed by atoms with Gasteiger partial charge in [-0.25, -0.2) is 0 Å². The fraction of sp³-hybridized carbons (Fsp3) is 0.607. The Hall–Kier alpha value is -2.32. The second-order valence-electron chi connectivity index (χ2n) is 10.3. The Kier molecular flexibility index (Phi) is 7.58. The number of esters is 1. The number of carbonyl (C=O) groups excluding carboxylic acids is 3. The first kappa shape index (κ1) is 26.7. The smallest absolute Gasteiger partial charge is 0.310 e. The number of rotatable bonds is 9. The number of aryl methyl sites for hydroxylation is 2. The fourth-order valence-electron chi connectivity index (χ4n) is 6.65. The lowest BCUT2D eigenvalue weighted by Gasteiger charge is -2.42. The minimum absolute atomic E-state index is 0.0477. The number of hydrogen-bond acceptors (Lipinski definition) is 6. The van der Waals surface area contributed by atoms with Gasteiger partial charge in [0.25, 0.3) is 5.91 Å². The highest BCUT2D eigenvalue weighted by Crippen LogP contribution is 2.69. The van der Waals surface area contributed by atoms with E-state index >= 15 is 0 Å². The van der Waals surface area contributed by atoms with Crippen LogP contribution in [-0.4, -0.2) is 69.6 Å². The van der Waals surface area contributed by atoms with Gasteiger partial charge in [0.1, 0.15) is 6.04 Å². The number of aliphatic hydroxyl groups is 1. The summed E-state index contributed by atoms with van der Waals surface area (Å²) in [7, 11) is 0. The topological polar surface area (TPSA) is 87.2 Å². The van der Waals surface area contributed by atoms with Crippen LogP contribution in [0.1, 0.15) is 44.7 Å². The van der Waals surface area contributed by atoms with Crippen molar-refractivity contribution in [2.24, 2.45) is 17.8 Å². The minimum atomic E-state index is -0.795. The van der Waals surface area contributed by atoms with Gasteiger partial charge in [-0.3, -0.25) is 14.4 Å². The number of nitrogens with zero attached hydrogens (tertiary/aromatic N) is 2. The zero-order valence-corrected chi connectivity index (χ0v) is 22.7. The summed E-state index contributed by atoms with van der Waals surface area (Å²) in [6, 6.07) is 4.68. The van der Waals surface area contributed by atoms with Gasteiger partial charge in [-0.2, -0.15) is 0 Å². The summed E-state index contributed by atoms with van der Waals surface area (Å²) < 4.78 is 4.66. The van der Waals surface area contributed by atoms with Gasteiger partial charge in [-0.15, -0.1) is 18.3 Å². The third-order valence-electron chi connectivity index (χ3n) is 8.28. The number of fused-ring (bicyclic) bond motifs is 1. The van der Waals surface area contributed by atoms with Crippen molar-refractivity contribution in [3.8, 4) is 0 Å². The third kappa shape index (κ3) is 3.88. The molecule has 0 saturated carbocycles. The third-order valence-corrected chi connectivity index (χ3v) is 10.4. The molecule has 8 heteroatoms. The monoisotopic (exact) mass is 514 g/mol. The van der Waals surface area contributed by atoms with Crippen molar-refractivity contribution in [2.75, 3.05) is 24.7 Å². The number of hydrogen-bond donors (Lipinski definition) is 1. The van der Waals surface area contributed by atoms with Crippen molar-refractivity contribution in [1.29, 1.82) is 0 Å². The maximum atomic E-state index is 14.6. The van der Waals surface area contributed by atoms with Crippen LogP contribution in [0, 0.1) is 31.6 Å². The van der Waals surface area contributed by atoms with Crippen LogP contribution in [0.4, 0.5) is 5.69 Å². The number of carbonyl (C=O) groups is 3. The van der Waals surface area contributed by atoms with E-state index in [1.807, 2.05) is 39.0 Å². The zero-order valence-electron chi connectivity index (χ0n) is 21.9. The van der Waals surface area contributed by atoms with Crippen molar-refractivity contribution < 1.29 is 24.2 Å². The first-order valence-electron chi connectivity index (χ1n) is 12.9. The lowest BCUT2D eigenvalue weighted by atomic mass is 9.66. The normalized spacial score (nSPS) is 31.3. The van der Waals surface area contributed by atoms with Crippen LogP contribution in [-0.2, 0) is 19.1 Å². The molecule has 1 aromatic carbocycles. The van der Waals surface area contributed by atoms with Gasteiger partial charge in [0, 0.05) is 17.5 Å². The zero-order chi connectivity index (χ0) is 26.4. The van der Waals surface area contributed by atoms with E-state index in [9.17, 15) is 19.5 Å². The Morgan fingerprint density at radius 2 is 2.08 bits per heavy atom. The van der Waals surface area contributed by atoms with E-state index < -0.39 is 28.7 Å². The van der Waals surface area contributed by atoms with E-state index in [4.69, 9.17) is 4.74 Å². The highest BCUT2D eigenvalue weighted by molar-refractivity contribution is 8.02. The van der Waals surface area contributed by atoms with E-state index in [-0.39, 0.29) is 42.2 Å². The van der Waals surface area contributed by atoms with Crippen LogP contribution in [0.25, 0.3) is 0 Å². The SMILES string of the molecule is C=CCN(C(=O)C1N([C@@H](CC)CO)C(=O)[C@@H]2[C@H](C(=O)OCC)[C@@H]3CC(C)C12S3)c1cc(C)ccc1C. The van der Waals surface area contributed by atoms with Crippen LogP contribution in [0.5, 0.6) is 0 Å². The van der Waals surface area contributed by atoms with Crippen molar-refractivity contribution >= 4 is 35.2 Å². The van der Waals surface area contributed by atoms with Crippen LogP contribution in [0.2, 0.25) is 0 Å². The quantitative estimate of drug-likeness (QED) is 0.401. The molecule has 4 rings (SSSR count). The van der Waals surface area contributed by atoms with Crippen LogP contribution >= 0.6 is 11.8 Å². The average Bonchev–Trinajstić information content (AvgIpc) is 3.44. The highest BCUT2D eigenvalue weighted by Gasteiger charge is 2.77. The number of thioether (sulfide) groups is 1.